The number of nitrogens with zero attached hydrogens (tertiary/aromatic N) is 2. The van der Waals surface area contributed by atoms with Crippen molar-refractivity contribution in [3.8, 4) is 11.3 Å². The molecule has 0 spiro atoms. The number of halogens is 3. The van der Waals surface area contributed by atoms with Gasteiger partial charge in [0.05, 0.1) is 23.6 Å². The highest BCUT2D eigenvalue weighted by Crippen LogP contribution is 2.39. The number of aliphatic hydroxyl groups is 1. The zero-order valence-electron chi connectivity index (χ0n) is 20.7. The summed E-state index contributed by atoms with van der Waals surface area (Å²) in [6.45, 7) is 3.36. The highest BCUT2D eigenvalue weighted by atomic mass is 19.1. The zero-order valence-corrected chi connectivity index (χ0v) is 20.7. The van der Waals surface area contributed by atoms with Gasteiger partial charge >= 0.3 is 6.09 Å². The quantitative estimate of drug-likeness (QED) is 0.339. The number of rotatable bonds is 6. The Morgan fingerprint density at radius 2 is 1.76 bits per heavy atom. The molecule has 1 fully saturated rings. The molecule has 1 aromatic carbocycles. The van der Waals surface area contributed by atoms with Gasteiger partial charge in [0, 0.05) is 12.2 Å². The normalized spacial score (nSPS) is 20.0. The molecule has 0 aliphatic heterocycles. The predicted octanol–water partition coefficient (Wildman–Crippen LogP) is 5.41. The largest absolute Gasteiger partial charge is 0.465 e. The molecule has 3 aromatic rings. The van der Waals surface area contributed by atoms with Crippen LogP contribution in [0.1, 0.15) is 66.7 Å². The van der Waals surface area contributed by atoms with Crippen LogP contribution in [0.25, 0.3) is 11.3 Å². The van der Waals surface area contributed by atoms with Crippen molar-refractivity contribution >= 4 is 17.7 Å². The van der Waals surface area contributed by atoms with Crippen LogP contribution in [0.15, 0.2) is 42.7 Å². The number of amides is 2. The van der Waals surface area contributed by atoms with E-state index < -0.39 is 46.8 Å². The third-order valence-corrected chi connectivity index (χ3v) is 6.68. The van der Waals surface area contributed by atoms with Crippen LogP contribution >= 0.6 is 0 Å². The van der Waals surface area contributed by atoms with E-state index >= 15 is 0 Å². The third kappa shape index (κ3) is 5.94. The standard InChI is InChI=1S/C27H27F3N4O4/c1-13-7-16(9-17(8-13)32-27(37)38)18-5-6-31-12-23(18)34-26(36)22-4-3-19(28)25(33-22)24-20(29)10-15(14(2)35)11-21(24)30/h3-6,10-14,16-17,32,35H,7-9H2,1-2H3,(H,34,36)(H,37,38)/t13-,14+,16+,17-/m0/s1. The minimum absolute atomic E-state index is 0.0278. The molecule has 2 amide bonds. The molecule has 0 bridgehead atoms. The molecule has 200 valence electrons. The summed E-state index contributed by atoms with van der Waals surface area (Å²) in [7, 11) is 0. The van der Waals surface area contributed by atoms with Crippen molar-refractivity contribution in [1.29, 1.82) is 0 Å². The van der Waals surface area contributed by atoms with Gasteiger partial charge in [-0.1, -0.05) is 6.92 Å². The summed E-state index contributed by atoms with van der Waals surface area (Å²) in [5.74, 6) is -3.87. The van der Waals surface area contributed by atoms with Crippen molar-refractivity contribution in [2.75, 3.05) is 5.32 Å². The second-order valence-electron chi connectivity index (χ2n) is 9.64. The van der Waals surface area contributed by atoms with Crippen molar-refractivity contribution in [3.05, 3.63) is 77.0 Å². The number of nitrogens with one attached hydrogen (secondary N) is 2. The molecule has 1 aliphatic rings. The maximum absolute atomic E-state index is 14.7. The number of carbonyl (C=O) groups excluding carboxylic acids is 1. The molecular weight excluding hydrogens is 501 g/mol. The topological polar surface area (TPSA) is 124 Å². The van der Waals surface area contributed by atoms with Crippen LogP contribution in [0, 0.1) is 23.4 Å². The molecule has 8 nitrogen and oxygen atoms in total. The Kier molecular flexibility index (Phi) is 7.96. The number of aromatic nitrogens is 2. The van der Waals surface area contributed by atoms with Gasteiger partial charge < -0.3 is 20.8 Å². The van der Waals surface area contributed by atoms with Crippen LogP contribution in [0.4, 0.5) is 23.7 Å². The van der Waals surface area contributed by atoms with E-state index in [1.54, 1.807) is 12.3 Å². The Morgan fingerprint density at radius 3 is 2.42 bits per heavy atom. The van der Waals surface area contributed by atoms with E-state index in [1.807, 2.05) is 6.92 Å². The van der Waals surface area contributed by atoms with Gasteiger partial charge in [0.25, 0.3) is 5.91 Å². The summed E-state index contributed by atoms with van der Waals surface area (Å²) in [5.41, 5.74) is -0.615. The van der Waals surface area contributed by atoms with Crippen LogP contribution in [-0.4, -0.2) is 38.2 Å². The summed E-state index contributed by atoms with van der Waals surface area (Å²) in [6.07, 6.45) is 2.78. The third-order valence-electron chi connectivity index (χ3n) is 6.68. The molecule has 2 heterocycles. The van der Waals surface area contributed by atoms with E-state index in [9.17, 15) is 27.9 Å². The van der Waals surface area contributed by atoms with Crippen LogP contribution < -0.4 is 10.6 Å². The molecule has 11 heteroatoms. The van der Waals surface area contributed by atoms with Gasteiger partial charge in [-0.05, 0) is 79.5 Å². The average Bonchev–Trinajstić information content (AvgIpc) is 2.84. The lowest BCUT2D eigenvalue weighted by molar-refractivity contribution is 0.102. The predicted molar refractivity (Wildman–Crippen MR) is 133 cm³/mol. The second-order valence-corrected chi connectivity index (χ2v) is 9.64. The fourth-order valence-electron chi connectivity index (χ4n) is 5.01. The highest BCUT2D eigenvalue weighted by Gasteiger charge is 2.30. The molecule has 4 atom stereocenters. The Bertz CT molecular complexity index is 1340. The monoisotopic (exact) mass is 528 g/mol. The molecular formula is C27H27F3N4O4. The van der Waals surface area contributed by atoms with Gasteiger partial charge in [0.2, 0.25) is 0 Å². The number of carboxylic acid groups (broad SMARTS) is 1. The maximum atomic E-state index is 14.7. The van der Waals surface area contributed by atoms with Crippen molar-refractivity contribution in [3.63, 3.8) is 0 Å². The average molecular weight is 529 g/mol. The molecule has 38 heavy (non-hydrogen) atoms. The van der Waals surface area contributed by atoms with Gasteiger partial charge in [-0.15, -0.1) is 0 Å². The second kappa shape index (κ2) is 11.2. The summed E-state index contributed by atoms with van der Waals surface area (Å²) in [6, 6.07) is 5.26. The first-order valence-electron chi connectivity index (χ1n) is 12.1. The van der Waals surface area contributed by atoms with E-state index in [0.29, 0.717) is 18.5 Å². The van der Waals surface area contributed by atoms with Crippen molar-refractivity contribution in [2.24, 2.45) is 5.92 Å². The van der Waals surface area contributed by atoms with E-state index in [2.05, 4.69) is 20.6 Å². The highest BCUT2D eigenvalue weighted by molar-refractivity contribution is 6.03. The van der Waals surface area contributed by atoms with Crippen LogP contribution in [-0.2, 0) is 0 Å². The molecule has 0 radical (unpaired) electrons. The number of hydrogen-bond acceptors (Lipinski definition) is 5. The Labute approximate surface area is 217 Å². The molecule has 0 unspecified atom stereocenters. The van der Waals surface area contributed by atoms with Gasteiger partial charge in [0.15, 0.2) is 0 Å². The molecule has 1 aliphatic carbocycles. The van der Waals surface area contributed by atoms with Gasteiger partial charge in [-0.3, -0.25) is 9.78 Å². The zero-order chi connectivity index (χ0) is 27.6. The first-order chi connectivity index (χ1) is 18.0. The van der Waals surface area contributed by atoms with Crippen molar-refractivity contribution in [2.45, 2.75) is 51.2 Å². The Morgan fingerprint density at radius 1 is 1.05 bits per heavy atom. The minimum Gasteiger partial charge on any atom is -0.465 e. The van der Waals surface area contributed by atoms with Crippen LogP contribution in [0.3, 0.4) is 0 Å². The molecule has 0 saturated heterocycles. The lowest BCUT2D eigenvalue weighted by atomic mass is 9.76. The van der Waals surface area contributed by atoms with Crippen LogP contribution in [0.2, 0.25) is 0 Å². The van der Waals surface area contributed by atoms with E-state index in [4.69, 9.17) is 5.11 Å². The lowest BCUT2D eigenvalue weighted by Crippen LogP contribution is -2.39. The van der Waals surface area contributed by atoms with Gasteiger partial charge in [-0.25, -0.2) is 22.9 Å². The van der Waals surface area contributed by atoms with Gasteiger partial charge in [-0.2, -0.15) is 0 Å². The lowest BCUT2D eigenvalue weighted by Gasteiger charge is -2.34. The first-order valence-corrected chi connectivity index (χ1v) is 12.1. The van der Waals surface area contributed by atoms with Gasteiger partial charge in [0.1, 0.15) is 28.8 Å². The maximum Gasteiger partial charge on any atom is 0.404 e. The first kappa shape index (κ1) is 27.1. The summed E-state index contributed by atoms with van der Waals surface area (Å²) in [4.78, 5) is 32.2. The van der Waals surface area contributed by atoms with Crippen molar-refractivity contribution < 1.29 is 33.0 Å². The SMILES string of the molecule is C[C@@H]1C[C@H](NC(=O)O)C[C@H](c2ccncc2NC(=O)c2ccc(F)c(-c3c(F)cc([C@@H](C)O)cc3F)n2)C1. The van der Waals surface area contributed by atoms with E-state index in [-0.39, 0.29) is 29.1 Å². The molecule has 2 aromatic heterocycles. The summed E-state index contributed by atoms with van der Waals surface area (Å²) >= 11 is 0. The fourth-order valence-corrected chi connectivity index (χ4v) is 5.01. The van der Waals surface area contributed by atoms with Crippen molar-refractivity contribution in [1.82, 2.24) is 15.3 Å². The minimum atomic E-state index is -1.14. The number of carbonyl (C=O) groups is 2. The summed E-state index contributed by atoms with van der Waals surface area (Å²) < 4.78 is 44.0. The van der Waals surface area contributed by atoms with E-state index in [0.717, 1.165) is 36.2 Å². The van der Waals surface area contributed by atoms with Crippen LogP contribution in [0.5, 0.6) is 0 Å². The number of benzene rings is 1. The smallest absolute Gasteiger partial charge is 0.404 e. The number of aliphatic hydroxyl groups excluding tert-OH is 1. The Balaban J connectivity index is 1.62. The summed E-state index contributed by atoms with van der Waals surface area (Å²) in [5, 5.41) is 24.0. The Hall–Kier alpha value is -3.99. The molecule has 4 rings (SSSR count). The molecule has 1 saturated carbocycles. The molecule has 4 N–H and O–H groups in total. The fraction of sp³-hybridized carbons (Fsp3) is 0.333. The number of hydrogen-bond donors (Lipinski definition) is 4. The number of anilines is 1. The number of pyridine rings is 2. The van der Waals surface area contributed by atoms with E-state index in [1.165, 1.54) is 13.1 Å².